The third-order valence-corrected chi connectivity index (χ3v) is 2.32. The van der Waals surface area contributed by atoms with Gasteiger partial charge in [-0.25, -0.2) is 0 Å². The zero-order valence-corrected chi connectivity index (χ0v) is 10.9. The van der Waals surface area contributed by atoms with Crippen molar-refractivity contribution >= 4 is 17.4 Å². The summed E-state index contributed by atoms with van der Waals surface area (Å²) in [4.78, 5) is 13.5. The van der Waals surface area contributed by atoms with Gasteiger partial charge in [-0.3, -0.25) is 4.79 Å². The van der Waals surface area contributed by atoms with Gasteiger partial charge in [-0.2, -0.15) is 0 Å². The second-order valence-corrected chi connectivity index (χ2v) is 4.33. The molecule has 1 atom stereocenters. The van der Waals surface area contributed by atoms with Crippen molar-refractivity contribution < 1.29 is 9.53 Å². The average molecular weight is 254 g/mol. The summed E-state index contributed by atoms with van der Waals surface area (Å²) in [6, 6.07) is 6.93. The van der Waals surface area contributed by atoms with E-state index in [0.717, 1.165) is 0 Å². The van der Waals surface area contributed by atoms with Crippen LogP contribution >= 0.6 is 11.6 Å². The zero-order valence-electron chi connectivity index (χ0n) is 10.2. The van der Waals surface area contributed by atoms with Crippen LogP contribution in [0.15, 0.2) is 36.5 Å². The molecule has 1 rings (SSSR count). The number of halogens is 1. The number of hydrogen-bond donors (Lipinski definition) is 0. The van der Waals surface area contributed by atoms with Crippen molar-refractivity contribution in [2.45, 2.75) is 13.0 Å². The largest absolute Gasteiger partial charge is 0.483 e. The van der Waals surface area contributed by atoms with E-state index in [4.69, 9.17) is 16.3 Å². The predicted molar refractivity (Wildman–Crippen MR) is 69.4 cm³/mol. The summed E-state index contributed by atoms with van der Waals surface area (Å²) in [5.41, 5.74) is 0. The second kappa shape index (κ2) is 6.30. The summed E-state index contributed by atoms with van der Waals surface area (Å²) >= 11 is 5.76. The number of ketones is 1. The fourth-order valence-corrected chi connectivity index (χ4v) is 1.26. The van der Waals surface area contributed by atoms with Crippen molar-refractivity contribution in [2.24, 2.45) is 0 Å². The SMILES string of the molecule is C[C@@H](Oc1ccc(Cl)cc1)C(=O)/C=C/N(C)C. The zero-order chi connectivity index (χ0) is 12.8. The Morgan fingerprint density at radius 2 is 1.94 bits per heavy atom. The monoisotopic (exact) mass is 253 g/mol. The molecule has 92 valence electrons. The molecule has 0 amide bonds. The van der Waals surface area contributed by atoms with Crippen LogP contribution in [0.4, 0.5) is 0 Å². The lowest BCUT2D eigenvalue weighted by atomic mass is 10.2. The Hall–Kier alpha value is -1.48. The Morgan fingerprint density at radius 3 is 2.47 bits per heavy atom. The number of nitrogens with zero attached hydrogens (tertiary/aromatic N) is 1. The normalized spacial score (nSPS) is 12.5. The van der Waals surface area contributed by atoms with Crippen molar-refractivity contribution in [3.63, 3.8) is 0 Å². The second-order valence-electron chi connectivity index (χ2n) is 3.90. The number of carbonyl (C=O) groups excluding carboxylic acids is 1. The molecule has 0 saturated heterocycles. The first-order valence-corrected chi connectivity index (χ1v) is 5.67. The Balaban J connectivity index is 2.57. The van der Waals surface area contributed by atoms with Crippen molar-refractivity contribution in [2.75, 3.05) is 14.1 Å². The van der Waals surface area contributed by atoms with Crippen LogP contribution in [-0.2, 0) is 4.79 Å². The molecule has 0 bridgehead atoms. The third-order valence-electron chi connectivity index (χ3n) is 2.06. The van der Waals surface area contributed by atoms with E-state index in [1.165, 1.54) is 6.08 Å². The van der Waals surface area contributed by atoms with Crippen LogP contribution in [0.2, 0.25) is 5.02 Å². The molecule has 0 heterocycles. The summed E-state index contributed by atoms with van der Waals surface area (Å²) in [6.07, 6.45) is 2.69. The fourth-order valence-electron chi connectivity index (χ4n) is 1.13. The maximum atomic E-state index is 11.7. The van der Waals surface area contributed by atoms with E-state index in [1.54, 1.807) is 42.3 Å². The van der Waals surface area contributed by atoms with Crippen LogP contribution < -0.4 is 4.74 Å². The van der Waals surface area contributed by atoms with E-state index in [-0.39, 0.29) is 5.78 Å². The number of rotatable bonds is 5. The van der Waals surface area contributed by atoms with Gasteiger partial charge < -0.3 is 9.64 Å². The summed E-state index contributed by atoms with van der Waals surface area (Å²) in [5, 5.41) is 0.642. The molecule has 0 unspecified atom stereocenters. The van der Waals surface area contributed by atoms with Crippen LogP contribution in [0.3, 0.4) is 0 Å². The molecule has 0 N–H and O–H groups in total. The Kier molecular flexibility index (Phi) is 5.04. The van der Waals surface area contributed by atoms with Gasteiger partial charge in [0.2, 0.25) is 0 Å². The summed E-state index contributed by atoms with van der Waals surface area (Å²) < 4.78 is 5.49. The van der Waals surface area contributed by atoms with Gasteiger partial charge in [0.15, 0.2) is 11.9 Å². The molecule has 0 aliphatic rings. The smallest absolute Gasteiger partial charge is 0.197 e. The van der Waals surface area contributed by atoms with Crippen LogP contribution in [-0.4, -0.2) is 30.9 Å². The van der Waals surface area contributed by atoms with Crippen LogP contribution in [0.1, 0.15) is 6.92 Å². The summed E-state index contributed by atoms with van der Waals surface area (Å²) in [5.74, 6) is 0.558. The van der Waals surface area contributed by atoms with Gasteiger partial charge in [-0.05, 0) is 31.2 Å². The third kappa shape index (κ3) is 4.91. The first-order valence-electron chi connectivity index (χ1n) is 5.29. The molecule has 3 nitrogen and oxygen atoms in total. The van der Waals surface area contributed by atoms with Crippen LogP contribution in [0, 0.1) is 0 Å². The minimum Gasteiger partial charge on any atom is -0.483 e. The number of benzene rings is 1. The molecule has 17 heavy (non-hydrogen) atoms. The maximum absolute atomic E-state index is 11.7. The lowest BCUT2D eigenvalue weighted by Gasteiger charge is -2.12. The number of hydrogen-bond acceptors (Lipinski definition) is 3. The average Bonchev–Trinajstić information content (AvgIpc) is 2.28. The Morgan fingerprint density at radius 1 is 1.35 bits per heavy atom. The van der Waals surface area contributed by atoms with Crippen molar-refractivity contribution in [3.05, 3.63) is 41.6 Å². The molecule has 0 fully saturated rings. The van der Waals surface area contributed by atoms with Gasteiger partial charge in [0.25, 0.3) is 0 Å². The van der Waals surface area contributed by atoms with Gasteiger partial charge in [-0.1, -0.05) is 11.6 Å². The van der Waals surface area contributed by atoms with Gasteiger partial charge in [-0.15, -0.1) is 0 Å². The molecule has 0 spiro atoms. The van der Waals surface area contributed by atoms with Gasteiger partial charge >= 0.3 is 0 Å². The lowest BCUT2D eigenvalue weighted by molar-refractivity contribution is -0.120. The van der Waals surface area contributed by atoms with Crippen molar-refractivity contribution in [1.82, 2.24) is 4.90 Å². The number of ether oxygens (including phenoxy) is 1. The quantitative estimate of drug-likeness (QED) is 0.756. The Labute approximate surface area is 107 Å². The standard InChI is InChI=1S/C13H16ClNO2/c1-10(13(16)8-9-15(2)3)17-12-6-4-11(14)5-7-12/h4-10H,1-3H3/b9-8+/t10-/m1/s1. The lowest BCUT2D eigenvalue weighted by Crippen LogP contribution is -2.22. The van der Waals surface area contributed by atoms with Crippen molar-refractivity contribution in [3.8, 4) is 5.75 Å². The molecule has 0 radical (unpaired) electrons. The highest BCUT2D eigenvalue weighted by atomic mass is 35.5. The molecular weight excluding hydrogens is 238 g/mol. The molecule has 1 aromatic carbocycles. The maximum Gasteiger partial charge on any atom is 0.197 e. The first-order chi connectivity index (χ1) is 7.99. The van der Waals surface area contributed by atoms with E-state index in [2.05, 4.69) is 0 Å². The van der Waals surface area contributed by atoms with Crippen LogP contribution in [0.25, 0.3) is 0 Å². The van der Waals surface area contributed by atoms with E-state index in [9.17, 15) is 4.79 Å². The minimum atomic E-state index is -0.507. The van der Waals surface area contributed by atoms with Crippen LogP contribution in [0.5, 0.6) is 5.75 Å². The Bertz CT molecular complexity index is 398. The van der Waals surface area contributed by atoms with E-state index < -0.39 is 6.10 Å². The van der Waals surface area contributed by atoms with E-state index >= 15 is 0 Å². The summed E-state index contributed by atoms with van der Waals surface area (Å²) in [6.45, 7) is 1.72. The van der Waals surface area contributed by atoms with Gasteiger partial charge in [0.05, 0.1) is 0 Å². The molecular formula is C13H16ClNO2. The minimum absolute atomic E-state index is 0.0753. The van der Waals surface area contributed by atoms with E-state index in [1.807, 2.05) is 14.1 Å². The summed E-state index contributed by atoms with van der Waals surface area (Å²) in [7, 11) is 3.71. The topological polar surface area (TPSA) is 29.5 Å². The van der Waals surface area contributed by atoms with E-state index in [0.29, 0.717) is 10.8 Å². The molecule has 1 aromatic rings. The molecule has 0 aliphatic carbocycles. The molecule has 0 aromatic heterocycles. The highest BCUT2D eigenvalue weighted by Crippen LogP contribution is 2.17. The number of carbonyl (C=O) groups is 1. The van der Waals surface area contributed by atoms with Gasteiger partial charge in [0.1, 0.15) is 5.75 Å². The van der Waals surface area contributed by atoms with Crippen molar-refractivity contribution in [1.29, 1.82) is 0 Å². The molecule has 0 aliphatic heterocycles. The first kappa shape index (κ1) is 13.6. The highest BCUT2D eigenvalue weighted by molar-refractivity contribution is 6.30. The highest BCUT2D eigenvalue weighted by Gasteiger charge is 2.11. The molecule has 4 heteroatoms. The van der Waals surface area contributed by atoms with Gasteiger partial charge in [0, 0.05) is 31.4 Å². The predicted octanol–water partition coefficient (Wildman–Crippen LogP) is 2.75. The fraction of sp³-hybridized carbons (Fsp3) is 0.308. The molecule has 0 saturated carbocycles.